The molecule has 0 radical (unpaired) electrons. The highest BCUT2D eigenvalue weighted by Gasteiger charge is 2.30. The van der Waals surface area contributed by atoms with Gasteiger partial charge in [0.25, 0.3) is 11.7 Å². The van der Waals surface area contributed by atoms with E-state index in [1.165, 1.54) is 0 Å². The summed E-state index contributed by atoms with van der Waals surface area (Å²) < 4.78 is 3.65. The third-order valence-corrected chi connectivity index (χ3v) is 16.2. The fraction of sp³-hybridized carbons (Fsp3) is 0.145. The first-order valence-electron chi connectivity index (χ1n) is 25.1. The van der Waals surface area contributed by atoms with E-state index in [4.69, 9.17) is 5.73 Å². The summed E-state index contributed by atoms with van der Waals surface area (Å²) in [5.74, 6) is -0.537. The van der Waals surface area contributed by atoms with E-state index in [0.29, 0.717) is 54.5 Å². The molecule has 7 aromatic carbocycles. The average Bonchev–Trinajstić information content (AvgIpc) is 4.40. The van der Waals surface area contributed by atoms with Crippen LogP contribution in [0.3, 0.4) is 0 Å². The van der Waals surface area contributed by atoms with E-state index in [0.717, 1.165) is 98.0 Å². The zero-order valence-corrected chi connectivity index (χ0v) is 51.1. The van der Waals surface area contributed by atoms with Gasteiger partial charge in [-0.25, -0.2) is 0 Å². The number of hydrogen-bond acceptors (Lipinski definition) is 10. The molecule has 20 heteroatoms. The number of nitrogens with one attached hydrogen (secondary N) is 2. The first kappa shape index (κ1) is 61.4. The number of Topliss-reactive ketones (excluding diaryl/α,β-unsaturated/α-hetero) is 1. The van der Waals surface area contributed by atoms with Crippen molar-refractivity contribution in [1.82, 2.24) is 0 Å². The number of likely N-dealkylation sites (N-methyl/N-ethyl adjacent to an activating group) is 4. The number of carbonyl (C=O) groups is 9. The second-order valence-corrected chi connectivity index (χ2v) is 22.2. The lowest BCUT2D eigenvalue weighted by atomic mass is 10.1. The fourth-order valence-electron chi connectivity index (χ4n) is 9.37. The van der Waals surface area contributed by atoms with E-state index in [9.17, 15) is 43.2 Å². The zero-order valence-electron chi connectivity index (χ0n) is 44.7. The molecule has 0 unspecified atom stereocenters. The standard InChI is InChI=1S/C11H11NO.2C10H9NO2.C9H8BrNO.C8H4BrNO2.C8H6BrNO.C6H6BrN/c1-3-8-5-4-6-9-7-10(13)12(2)11(8)9;2*1-11-9(13)5-7-3-2-4-8(6-12)10(7)11;1-11-8(12)5-6-3-2-4-7(10)9(6)11;9-5-3-1-2-4-6(5)10-8(12)7(4)11;9-6-3-1-2-5-4-7(11)10-8(5)6;7-5-3-1-2-4-6(5)8/h3-6H,1,7H2,2H3;2*2-4,6H,5H2,1H3;2-4H,5H2,1H3;1-3H,(H,10,11,12);1-3H,4H2,(H,10,11);1-4H,8H2. The Balaban J connectivity index is 0.000000138. The minimum atomic E-state index is -0.558. The van der Waals surface area contributed by atoms with Gasteiger partial charge in [0.15, 0.2) is 12.6 Å². The second kappa shape index (κ2) is 27.5. The number of ketones is 1. The summed E-state index contributed by atoms with van der Waals surface area (Å²) in [6.07, 6.45) is 5.74. The number of benzene rings is 7. The molecule has 0 bridgehead atoms. The lowest BCUT2D eigenvalue weighted by Crippen LogP contribution is -2.21. The first-order valence-corrected chi connectivity index (χ1v) is 28.3. The van der Waals surface area contributed by atoms with Crippen LogP contribution in [0.1, 0.15) is 64.5 Å². The third kappa shape index (κ3) is 13.9. The van der Waals surface area contributed by atoms with Gasteiger partial charge in [-0.05, 0) is 146 Å². The molecule has 0 saturated heterocycles. The van der Waals surface area contributed by atoms with Crippen LogP contribution in [0.5, 0.6) is 0 Å². The lowest BCUT2D eigenvalue weighted by molar-refractivity contribution is -0.117. The van der Waals surface area contributed by atoms with Crippen molar-refractivity contribution >= 4 is 163 Å². The molecule has 0 aromatic heterocycles. The molecule has 6 amide bonds. The summed E-state index contributed by atoms with van der Waals surface area (Å²) in [5.41, 5.74) is 19.1. The van der Waals surface area contributed by atoms with Crippen LogP contribution < -0.4 is 36.0 Å². The smallest absolute Gasteiger partial charge is 0.296 e. The Morgan fingerprint density at radius 2 is 0.805 bits per heavy atom. The number of nitrogens with zero attached hydrogens (tertiary/aromatic N) is 4. The molecular formula is C62H53Br4N7O9. The molecule has 6 heterocycles. The predicted octanol–water partition coefficient (Wildman–Crippen LogP) is 11.4. The van der Waals surface area contributed by atoms with Crippen molar-refractivity contribution in [3.63, 3.8) is 0 Å². The molecular weight excluding hydrogens is 1310 g/mol. The van der Waals surface area contributed by atoms with Crippen molar-refractivity contribution in [3.8, 4) is 0 Å². The molecule has 0 aliphatic carbocycles. The van der Waals surface area contributed by atoms with Crippen LogP contribution in [0.2, 0.25) is 0 Å². The highest BCUT2D eigenvalue weighted by molar-refractivity contribution is 9.11. The fourth-order valence-corrected chi connectivity index (χ4v) is 11.3. The van der Waals surface area contributed by atoms with E-state index in [1.54, 1.807) is 96.3 Å². The molecule has 6 aliphatic rings. The van der Waals surface area contributed by atoms with Gasteiger partial charge in [0.1, 0.15) is 0 Å². The Bertz CT molecular complexity index is 3540. The summed E-state index contributed by atoms with van der Waals surface area (Å²) in [5, 5.41) is 5.26. The maximum Gasteiger partial charge on any atom is 0.296 e. The Morgan fingerprint density at radius 1 is 0.427 bits per heavy atom. The summed E-state index contributed by atoms with van der Waals surface area (Å²) >= 11 is 13.3. The number of nitrogens with two attached hydrogens (primary N) is 1. The average molecular weight is 1360 g/mol. The number of amides is 6. The Morgan fingerprint density at radius 3 is 1.22 bits per heavy atom. The Labute approximate surface area is 507 Å². The van der Waals surface area contributed by atoms with Crippen LogP contribution in [-0.2, 0) is 60.9 Å². The number of rotatable bonds is 3. The monoisotopic (exact) mass is 1360 g/mol. The largest absolute Gasteiger partial charge is 0.398 e. The van der Waals surface area contributed by atoms with Crippen LogP contribution in [0.25, 0.3) is 6.08 Å². The van der Waals surface area contributed by atoms with Gasteiger partial charge in [0.05, 0.1) is 71.8 Å². The second-order valence-electron chi connectivity index (χ2n) is 18.7. The van der Waals surface area contributed by atoms with Gasteiger partial charge in [-0.3, -0.25) is 43.2 Å². The van der Waals surface area contributed by atoms with Crippen molar-refractivity contribution in [2.24, 2.45) is 0 Å². The summed E-state index contributed by atoms with van der Waals surface area (Å²) in [6.45, 7) is 3.73. The van der Waals surface area contributed by atoms with Crippen molar-refractivity contribution < 1.29 is 43.2 Å². The van der Waals surface area contributed by atoms with Gasteiger partial charge in [0, 0.05) is 62.9 Å². The van der Waals surface area contributed by atoms with Gasteiger partial charge >= 0.3 is 0 Å². The van der Waals surface area contributed by atoms with Crippen LogP contribution in [0.15, 0.2) is 158 Å². The van der Waals surface area contributed by atoms with Crippen molar-refractivity contribution in [3.05, 3.63) is 208 Å². The Hall–Kier alpha value is -8.17. The maximum atomic E-state index is 11.4. The highest BCUT2D eigenvalue weighted by Crippen LogP contribution is 2.36. The maximum absolute atomic E-state index is 11.4. The topological polar surface area (TPSA) is 217 Å². The number of para-hydroxylation sites is 7. The van der Waals surface area contributed by atoms with E-state index in [2.05, 4.69) is 80.9 Å². The molecule has 418 valence electrons. The first-order chi connectivity index (χ1) is 39.2. The molecule has 16 nitrogen and oxygen atoms in total. The molecule has 0 fully saturated rings. The van der Waals surface area contributed by atoms with Crippen LogP contribution in [0, 0.1) is 0 Å². The number of fused-ring (bicyclic) bond motifs is 6. The summed E-state index contributed by atoms with van der Waals surface area (Å²) in [7, 11) is 7.00. The SMILES string of the molecule is C=Cc1cccc2c1N(C)C(=O)C2.CN1C(=O)Cc2cccc(Br)c21.CN1C(=O)Cc2cccc(C=O)c21.CN1C(=O)Cc2cccc(C=O)c21.Nc1ccccc1Br.O=C1Cc2cccc(Br)c2N1.O=C1Nc2c(Br)cccc2C1=O. The number of hydrogen-bond donors (Lipinski definition) is 3. The van der Waals surface area contributed by atoms with Crippen molar-refractivity contribution in [2.45, 2.75) is 32.1 Å². The minimum absolute atomic E-state index is 0.0456. The normalized spacial score (nSPS) is 14.1. The quantitative estimate of drug-likeness (QED) is 0.0864. The molecule has 0 spiro atoms. The van der Waals surface area contributed by atoms with Gasteiger partial charge < -0.3 is 36.0 Å². The predicted molar refractivity (Wildman–Crippen MR) is 335 cm³/mol. The van der Waals surface area contributed by atoms with E-state index < -0.39 is 11.7 Å². The van der Waals surface area contributed by atoms with Crippen molar-refractivity contribution in [1.29, 1.82) is 0 Å². The van der Waals surface area contributed by atoms with Gasteiger partial charge in [-0.1, -0.05) is 97.6 Å². The highest BCUT2D eigenvalue weighted by atomic mass is 79.9. The lowest BCUT2D eigenvalue weighted by Gasteiger charge is -2.12. The van der Waals surface area contributed by atoms with E-state index in [1.807, 2.05) is 91.0 Å². The van der Waals surface area contributed by atoms with Gasteiger partial charge in [0.2, 0.25) is 29.5 Å². The molecule has 0 saturated carbocycles. The van der Waals surface area contributed by atoms with E-state index >= 15 is 0 Å². The number of anilines is 7. The van der Waals surface area contributed by atoms with Crippen molar-refractivity contribution in [2.75, 3.05) is 64.2 Å². The number of carbonyl (C=O) groups excluding carboxylic acids is 9. The molecule has 6 aliphatic heterocycles. The number of aldehydes is 2. The molecule has 13 rings (SSSR count). The molecule has 82 heavy (non-hydrogen) atoms. The molecule has 7 aromatic rings. The number of halogens is 4. The van der Waals surface area contributed by atoms with Crippen LogP contribution >= 0.6 is 63.7 Å². The van der Waals surface area contributed by atoms with Crippen LogP contribution in [0.4, 0.5) is 39.8 Å². The zero-order chi connectivity index (χ0) is 59.5. The minimum Gasteiger partial charge on any atom is -0.398 e. The molecule has 4 N–H and O–H groups in total. The summed E-state index contributed by atoms with van der Waals surface area (Å²) in [6, 6.07) is 41.2. The van der Waals surface area contributed by atoms with Crippen LogP contribution in [-0.4, -0.2) is 82.0 Å². The Kier molecular flexibility index (Phi) is 20.6. The van der Waals surface area contributed by atoms with E-state index in [-0.39, 0.29) is 29.5 Å². The number of nitrogen functional groups attached to an aromatic ring is 1. The van der Waals surface area contributed by atoms with Gasteiger partial charge in [-0.15, -0.1) is 0 Å². The van der Waals surface area contributed by atoms with Gasteiger partial charge in [-0.2, -0.15) is 0 Å². The summed E-state index contributed by atoms with van der Waals surface area (Å²) in [4.78, 5) is 106. The third-order valence-electron chi connectivity index (χ3n) is 13.5. The molecule has 0 atom stereocenters.